The van der Waals surface area contributed by atoms with Gasteiger partial charge in [-0.3, -0.25) is 4.99 Å². The van der Waals surface area contributed by atoms with Gasteiger partial charge in [0.2, 0.25) is 5.89 Å². The molecule has 0 amide bonds. The molecule has 29 heavy (non-hydrogen) atoms. The first-order valence-corrected chi connectivity index (χ1v) is 9.56. The molecule has 3 aromatic rings. The third-order valence-electron chi connectivity index (χ3n) is 4.58. The van der Waals surface area contributed by atoms with Gasteiger partial charge in [-0.2, -0.15) is 0 Å². The Balaban J connectivity index is 1.27. The van der Waals surface area contributed by atoms with Gasteiger partial charge in [-0.25, -0.2) is 4.98 Å². The van der Waals surface area contributed by atoms with Gasteiger partial charge in [-0.15, -0.1) is 0 Å². The second-order valence-corrected chi connectivity index (χ2v) is 6.81. The van der Waals surface area contributed by atoms with Gasteiger partial charge in [0.15, 0.2) is 17.5 Å². The number of aromatic nitrogens is 1. The molecule has 0 aliphatic carbocycles. The first-order chi connectivity index (χ1) is 14.2. The van der Waals surface area contributed by atoms with Gasteiger partial charge in [0.25, 0.3) is 0 Å². The molecule has 150 valence electrons. The van der Waals surface area contributed by atoms with E-state index in [1.165, 1.54) is 5.56 Å². The molecule has 4 rings (SSSR count). The summed E-state index contributed by atoms with van der Waals surface area (Å²) in [5, 5.41) is 6.50. The third kappa shape index (κ3) is 4.68. The van der Waals surface area contributed by atoms with Gasteiger partial charge in [0.1, 0.15) is 19.0 Å². The molecular weight excluding hydrogens is 368 g/mol. The minimum atomic E-state index is -0.0939. The Labute approximate surface area is 169 Å². The number of fused-ring (bicyclic) bond motifs is 1. The number of hydrogen-bond acceptors (Lipinski definition) is 5. The lowest BCUT2D eigenvalue weighted by atomic mass is 10.1. The number of hydrogen-bond donors (Lipinski definition) is 2. The summed E-state index contributed by atoms with van der Waals surface area (Å²) in [6, 6.07) is 15.8. The zero-order chi connectivity index (χ0) is 20.1. The Bertz CT molecular complexity index is 982. The number of rotatable bonds is 5. The number of benzene rings is 2. The molecule has 1 unspecified atom stereocenters. The molecule has 0 fully saturated rings. The van der Waals surface area contributed by atoms with Crippen LogP contribution in [0.15, 0.2) is 64.2 Å². The van der Waals surface area contributed by atoms with E-state index in [1.807, 2.05) is 48.5 Å². The van der Waals surface area contributed by atoms with Crippen LogP contribution in [0.4, 0.5) is 0 Å². The van der Waals surface area contributed by atoms with E-state index in [0.29, 0.717) is 31.5 Å². The number of ether oxygens (including phenoxy) is 2. The molecule has 7 heteroatoms. The standard InChI is InChI=1S/C22H24N4O3/c1-15-7-9-16(10-8-15)21-26-17(13-28-21)11-24-22(23-2)25-12-18-14-27-19-5-3-4-6-20(19)29-18/h3-10,13,18H,11-12,14H2,1-2H3,(H2,23,24,25). The Morgan fingerprint density at radius 3 is 2.69 bits per heavy atom. The number of oxazole rings is 1. The highest BCUT2D eigenvalue weighted by molar-refractivity contribution is 5.79. The van der Waals surface area contributed by atoms with E-state index in [-0.39, 0.29) is 6.10 Å². The molecule has 0 saturated heterocycles. The van der Waals surface area contributed by atoms with Crippen molar-refractivity contribution in [1.82, 2.24) is 15.6 Å². The largest absolute Gasteiger partial charge is 0.486 e. The Morgan fingerprint density at radius 2 is 1.90 bits per heavy atom. The fourth-order valence-electron chi connectivity index (χ4n) is 2.99. The fourth-order valence-corrected chi connectivity index (χ4v) is 2.99. The molecular formula is C22H24N4O3. The van der Waals surface area contributed by atoms with Crippen molar-refractivity contribution < 1.29 is 13.9 Å². The highest BCUT2D eigenvalue weighted by Gasteiger charge is 2.20. The summed E-state index contributed by atoms with van der Waals surface area (Å²) in [5.74, 6) is 2.81. The molecule has 1 atom stereocenters. The van der Waals surface area contributed by atoms with Crippen molar-refractivity contribution in [2.75, 3.05) is 20.2 Å². The van der Waals surface area contributed by atoms with Crippen molar-refractivity contribution in [2.45, 2.75) is 19.6 Å². The van der Waals surface area contributed by atoms with Crippen LogP contribution in [0.2, 0.25) is 0 Å². The minimum Gasteiger partial charge on any atom is -0.486 e. The van der Waals surface area contributed by atoms with Gasteiger partial charge in [-0.1, -0.05) is 29.8 Å². The van der Waals surface area contributed by atoms with Crippen LogP contribution in [0.1, 0.15) is 11.3 Å². The zero-order valence-corrected chi connectivity index (χ0v) is 16.5. The first kappa shape index (κ1) is 18.9. The van der Waals surface area contributed by atoms with Gasteiger partial charge in [-0.05, 0) is 31.2 Å². The van der Waals surface area contributed by atoms with E-state index in [1.54, 1.807) is 13.3 Å². The molecule has 0 radical (unpaired) electrons. The normalized spacial score (nSPS) is 15.8. The molecule has 1 aromatic heterocycles. The van der Waals surface area contributed by atoms with Crippen LogP contribution >= 0.6 is 0 Å². The molecule has 2 heterocycles. The van der Waals surface area contributed by atoms with Crippen molar-refractivity contribution in [3.63, 3.8) is 0 Å². The lowest BCUT2D eigenvalue weighted by Crippen LogP contribution is -2.45. The van der Waals surface area contributed by atoms with E-state index in [4.69, 9.17) is 13.9 Å². The lowest BCUT2D eigenvalue weighted by Gasteiger charge is -2.27. The zero-order valence-electron chi connectivity index (χ0n) is 16.5. The number of para-hydroxylation sites is 2. The van der Waals surface area contributed by atoms with Gasteiger partial charge in [0, 0.05) is 12.6 Å². The average molecular weight is 392 g/mol. The molecule has 1 aliphatic heterocycles. The number of nitrogens with one attached hydrogen (secondary N) is 2. The SMILES string of the molecule is CN=C(NCc1coc(-c2ccc(C)cc2)n1)NCC1COc2ccccc2O1. The van der Waals surface area contributed by atoms with Crippen LogP contribution in [0.5, 0.6) is 11.5 Å². The number of nitrogens with zero attached hydrogens (tertiary/aromatic N) is 2. The Hall–Kier alpha value is -3.48. The van der Waals surface area contributed by atoms with E-state index in [9.17, 15) is 0 Å². The van der Waals surface area contributed by atoms with Crippen LogP contribution in [0.25, 0.3) is 11.5 Å². The number of aliphatic imine (C=N–C) groups is 1. The molecule has 0 spiro atoms. The number of aryl methyl sites for hydroxylation is 1. The highest BCUT2D eigenvalue weighted by Crippen LogP contribution is 2.30. The quantitative estimate of drug-likeness (QED) is 0.513. The topological polar surface area (TPSA) is 80.9 Å². The molecule has 2 aromatic carbocycles. The van der Waals surface area contributed by atoms with Crippen molar-refractivity contribution in [3.8, 4) is 23.0 Å². The van der Waals surface area contributed by atoms with Crippen LogP contribution in [0, 0.1) is 6.92 Å². The predicted octanol–water partition coefficient (Wildman–Crippen LogP) is 3.16. The van der Waals surface area contributed by atoms with E-state index in [0.717, 1.165) is 22.8 Å². The van der Waals surface area contributed by atoms with Crippen molar-refractivity contribution in [2.24, 2.45) is 4.99 Å². The summed E-state index contributed by atoms with van der Waals surface area (Å²) >= 11 is 0. The number of guanidine groups is 1. The summed E-state index contributed by atoms with van der Waals surface area (Å²) in [6.45, 7) is 3.61. The lowest BCUT2D eigenvalue weighted by molar-refractivity contribution is 0.0936. The third-order valence-corrected chi connectivity index (χ3v) is 4.58. The van der Waals surface area contributed by atoms with Crippen LogP contribution in [-0.4, -0.2) is 37.2 Å². The van der Waals surface area contributed by atoms with Crippen LogP contribution < -0.4 is 20.1 Å². The van der Waals surface area contributed by atoms with Gasteiger partial charge >= 0.3 is 0 Å². The Kier molecular flexibility index (Phi) is 5.65. The molecule has 2 N–H and O–H groups in total. The second-order valence-electron chi connectivity index (χ2n) is 6.81. The minimum absolute atomic E-state index is 0.0939. The first-order valence-electron chi connectivity index (χ1n) is 9.56. The summed E-state index contributed by atoms with van der Waals surface area (Å²) in [6.07, 6.45) is 1.56. The van der Waals surface area contributed by atoms with Crippen molar-refractivity contribution in [1.29, 1.82) is 0 Å². The van der Waals surface area contributed by atoms with Gasteiger partial charge in [0.05, 0.1) is 18.8 Å². The molecule has 7 nitrogen and oxygen atoms in total. The Morgan fingerprint density at radius 1 is 1.10 bits per heavy atom. The van der Waals surface area contributed by atoms with E-state index < -0.39 is 0 Å². The van der Waals surface area contributed by atoms with Crippen LogP contribution in [-0.2, 0) is 6.54 Å². The molecule has 0 saturated carbocycles. The predicted molar refractivity (Wildman–Crippen MR) is 111 cm³/mol. The maximum Gasteiger partial charge on any atom is 0.226 e. The van der Waals surface area contributed by atoms with Gasteiger partial charge < -0.3 is 24.5 Å². The van der Waals surface area contributed by atoms with Crippen molar-refractivity contribution >= 4 is 5.96 Å². The fraction of sp³-hybridized carbons (Fsp3) is 0.273. The van der Waals surface area contributed by atoms with Crippen molar-refractivity contribution in [3.05, 3.63) is 66.1 Å². The van der Waals surface area contributed by atoms with Crippen LogP contribution in [0.3, 0.4) is 0 Å². The average Bonchev–Trinajstić information content (AvgIpc) is 3.23. The maximum atomic E-state index is 5.95. The van der Waals surface area contributed by atoms with E-state index >= 15 is 0 Å². The monoisotopic (exact) mass is 392 g/mol. The molecule has 1 aliphatic rings. The smallest absolute Gasteiger partial charge is 0.226 e. The summed E-state index contributed by atoms with van der Waals surface area (Å²) in [7, 11) is 1.73. The highest BCUT2D eigenvalue weighted by atomic mass is 16.6. The molecule has 0 bridgehead atoms. The summed E-state index contributed by atoms with van der Waals surface area (Å²) in [4.78, 5) is 8.78. The summed E-state index contributed by atoms with van der Waals surface area (Å²) < 4.78 is 17.3. The second kappa shape index (κ2) is 8.68. The van der Waals surface area contributed by atoms with E-state index in [2.05, 4.69) is 27.5 Å². The maximum absolute atomic E-state index is 5.95. The summed E-state index contributed by atoms with van der Waals surface area (Å²) in [5.41, 5.74) is 2.96.